The molecule has 0 saturated heterocycles. The summed E-state index contributed by atoms with van der Waals surface area (Å²) < 4.78 is 0. The second kappa shape index (κ2) is 13.5. The Bertz CT molecular complexity index is 2430. The van der Waals surface area contributed by atoms with Crippen molar-refractivity contribution in [2.75, 3.05) is 9.80 Å². The molecule has 0 radical (unpaired) electrons. The second-order valence-electron chi connectivity index (χ2n) is 21.5. The summed E-state index contributed by atoms with van der Waals surface area (Å²) in [6, 6.07) is 43.0. The first-order chi connectivity index (χ1) is 27.0. The van der Waals surface area contributed by atoms with Crippen LogP contribution in [-0.4, -0.2) is 6.71 Å². The minimum Gasteiger partial charge on any atom is -0.311 e. The number of aryl methyl sites for hydroxylation is 3. The molecule has 2 aliphatic heterocycles. The number of hydrogen-bond donors (Lipinski definition) is 0. The van der Waals surface area contributed by atoms with Crippen LogP contribution in [0.15, 0.2) is 109 Å². The van der Waals surface area contributed by atoms with Crippen LogP contribution in [0.4, 0.5) is 34.1 Å². The van der Waals surface area contributed by atoms with E-state index >= 15 is 0 Å². The highest BCUT2D eigenvalue weighted by Gasteiger charge is 2.44. The van der Waals surface area contributed by atoms with Gasteiger partial charge in [-0.25, -0.2) is 0 Å². The predicted octanol–water partition coefficient (Wildman–Crippen LogP) is 13.6. The summed E-state index contributed by atoms with van der Waals surface area (Å²) in [5, 5.41) is 0. The smallest absolute Gasteiger partial charge is 0.252 e. The van der Waals surface area contributed by atoms with Crippen LogP contribution in [0.5, 0.6) is 0 Å². The molecule has 0 atom stereocenters. The lowest BCUT2D eigenvalue weighted by Gasteiger charge is -2.45. The number of hydrogen-bond acceptors (Lipinski definition) is 2. The summed E-state index contributed by atoms with van der Waals surface area (Å²) in [5.41, 5.74) is 23.3. The van der Waals surface area contributed by atoms with Crippen LogP contribution in [-0.2, 0) is 21.7 Å². The van der Waals surface area contributed by atoms with Gasteiger partial charge in [-0.15, -0.1) is 0 Å². The van der Waals surface area contributed by atoms with Crippen molar-refractivity contribution in [2.45, 2.75) is 126 Å². The van der Waals surface area contributed by atoms with E-state index in [-0.39, 0.29) is 28.4 Å². The molecule has 0 amide bonds. The zero-order chi connectivity index (χ0) is 41.9. The maximum absolute atomic E-state index is 2.61. The molecule has 0 saturated carbocycles. The Morgan fingerprint density at radius 2 is 0.776 bits per heavy atom. The van der Waals surface area contributed by atoms with Crippen molar-refractivity contribution in [1.82, 2.24) is 0 Å². The fraction of sp³-hybridized carbons (Fsp3) is 0.345. The van der Waals surface area contributed by atoms with Crippen LogP contribution in [0.2, 0.25) is 0 Å². The van der Waals surface area contributed by atoms with E-state index in [2.05, 4.69) is 223 Å². The van der Waals surface area contributed by atoms with E-state index in [9.17, 15) is 0 Å². The number of nitrogens with zero attached hydrogens (tertiary/aromatic N) is 2. The molecule has 6 aromatic carbocycles. The largest absolute Gasteiger partial charge is 0.311 e. The highest BCUT2D eigenvalue weighted by molar-refractivity contribution is 7.00. The number of rotatable bonds is 3. The van der Waals surface area contributed by atoms with Crippen LogP contribution in [0, 0.1) is 20.8 Å². The lowest BCUT2D eigenvalue weighted by Crippen LogP contribution is -2.61. The van der Waals surface area contributed by atoms with Gasteiger partial charge in [0, 0.05) is 34.1 Å². The summed E-state index contributed by atoms with van der Waals surface area (Å²) in [6.07, 6.45) is 0. The number of anilines is 6. The molecule has 0 fully saturated rings. The van der Waals surface area contributed by atoms with Crippen molar-refractivity contribution in [1.29, 1.82) is 0 Å². The van der Waals surface area contributed by atoms with Crippen LogP contribution >= 0.6 is 0 Å². The lowest BCUT2D eigenvalue weighted by atomic mass is 9.33. The van der Waals surface area contributed by atoms with E-state index < -0.39 is 0 Å². The third-order valence-electron chi connectivity index (χ3n) is 12.7. The van der Waals surface area contributed by atoms with Gasteiger partial charge in [-0.3, -0.25) is 0 Å². The summed E-state index contributed by atoms with van der Waals surface area (Å²) in [5.74, 6) is 0. The van der Waals surface area contributed by atoms with Crippen molar-refractivity contribution < 1.29 is 0 Å². The van der Waals surface area contributed by atoms with Crippen molar-refractivity contribution >= 4 is 57.2 Å². The zero-order valence-corrected chi connectivity index (χ0v) is 37.9. The van der Waals surface area contributed by atoms with Crippen LogP contribution in [0.1, 0.15) is 122 Å². The summed E-state index contributed by atoms with van der Waals surface area (Å²) in [4.78, 5) is 5.21. The van der Waals surface area contributed by atoms with Gasteiger partial charge in [0.1, 0.15) is 0 Å². The third kappa shape index (κ3) is 6.79. The van der Waals surface area contributed by atoms with Crippen molar-refractivity contribution in [2.24, 2.45) is 0 Å². The van der Waals surface area contributed by atoms with Gasteiger partial charge in [0.25, 0.3) is 6.71 Å². The van der Waals surface area contributed by atoms with Gasteiger partial charge < -0.3 is 9.80 Å². The molecule has 0 bridgehead atoms. The molecule has 2 nitrogen and oxygen atoms in total. The van der Waals surface area contributed by atoms with Gasteiger partial charge in [-0.1, -0.05) is 149 Å². The Balaban J connectivity index is 1.56. The molecule has 0 unspecified atom stereocenters. The Morgan fingerprint density at radius 3 is 1.16 bits per heavy atom. The van der Waals surface area contributed by atoms with E-state index in [1.54, 1.807) is 0 Å². The van der Waals surface area contributed by atoms with E-state index in [1.807, 2.05) is 0 Å². The molecule has 0 aromatic heterocycles. The molecule has 296 valence electrons. The average Bonchev–Trinajstić information content (AvgIpc) is 3.12. The SMILES string of the molecule is Cc1cc(C)c(-c2cc3c4c(c2)N(c2cccc(C(C)(C)C)c2)c2cc(C(C)(C)C)ccc2B4c2ccc(C(C)(C)C)cc2N3c2cccc(C(C)(C)C)c2)c(C)c1. The highest BCUT2D eigenvalue weighted by Crippen LogP contribution is 2.48. The monoisotopic (exact) mass is 763 g/mol. The molecular formula is C55H63BN2. The Labute approximate surface area is 350 Å². The third-order valence-corrected chi connectivity index (χ3v) is 12.7. The Kier molecular flexibility index (Phi) is 9.27. The standard InChI is InChI=1S/C55H63BN2/c1-34-26-35(2)50(36(3)27-34)37-28-48-51-49(29-37)58(43-21-17-19-39(31-43)53(7,8)9)47-33-41(55(13,14)15)23-25-45(47)56(51)44-24-22-40(54(10,11)12)32-46(44)57(48)42-20-16-18-38(30-42)52(4,5)6/h16-33H,1-15H3. The summed E-state index contributed by atoms with van der Waals surface area (Å²) >= 11 is 0. The Morgan fingerprint density at radius 1 is 0.397 bits per heavy atom. The van der Waals surface area contributed by atoms with Gasteiger partial charge in [-0.05, 0) is 152 Å². The molecule has 2 aliphatic rings. The first-order valence-corrected chi connectivity index (χ1v) is 21.4. The molecule has 8 rings (SSSR count). The van der Waals surface area contributed by atoms with Gasteiger partial charge >= 0.3 is 0 Å². The number of fused-ring (bicyclic) bond motifs is 4. The second-order valence-corrected chi connectivity index (χ2v) is 21.5. The van der Waals surface area contributed by atoms with Gasteiger partial charge in [0.15, 0.2) is 0 Å². The van der Waals surface area contributed by atoms with Gasteiger partial charge in [0.05, 0.1) is 0 Å². The van der Waals surface area contributed by atoms with E-state index in [1.165, 1.54) is 101 Å². The molecule has 6 aromatic rings. The average molecular weight is 763 g/mol. The highest BCUT2D eigenvalue weighted by atomic mass is 15.2. The first kappa shape index (κ1) is 39.8. The van der Waals surface area contributed by atoms with Crippen molar-refractivity contribution in [3.05, 3.63) is 148 Å². The zero-order valence-electron chi connectivity index (χ0n) is 37.9. The normalized spacial score (nSPS) is 14.0. The Hall–Kier alpha value is -5.02. The molecule has 0 N–H and O–H groups in total. The summed E-state index contributed by atoms with van der Waals surface area (Å²) in [7, 11) is 0. The number of benzene rings is 6. The van der Waals surface area contributed by atoms with E-state index in [4.69, 9.17) is 0 Å². The van der Waals surface area contributed by atoms with Crippen LogP contribution in [0.25, 0.3) is 11.1 Å². The molecule has 58 heavy (non-hydrogen) atoms. The van der Waals surface area contributed by atoms with Crippen molar-refractivity contribution in [3.8, 4) is 11.1 Å². The topological polar surface area (TPSA) is 6.48 Å². The van der Waals surface area contributed by atoms with E-state index in [0.717, 1.165) is 0 Å². The molecular weight excluding hydrogens is 699 g/mol. The predicted molar refractivity (Wildman–Crippen MR) is 255 cm³/mol. The van der Waals surface area contributed by atoms with Crippen LogP contribution < -0.4 is 26.2 Å². The lowest BCUT2D eigenvalue weighted by molar-refractivity contribution is 0.589. The molecule has 3 heteroatoms. The molecule has 0 aliphatic carbocycles. The first-order valence-electron chi connectivity index (χ1n) is 21.4. The summed E-state index contributed by atoms with van der Waals surface area (Å²) in [6.45, 7) is 34.8. The van der Waals surface area contributed by atoms with Crippen LogP contribution in [0.3, 0.4) is 0 Å². The quantitative estimate of drug-likeness (QED) is 0.165. The van der Waals surface area contributed by atoms with Gasteiger partial charge in [0.2, 0.25) is 0 Å². The van der Waals surface area contributed by atoms with Gasteiger partial charge in [-0.2, -0.15) is 0 Å². The fourth-order valence-electron chi connectivity index (χ4n) is 9.48. The maximum Gasteiger partial charge on any atom is 0.252 e. The minimum absolute atomic E-state index is 0.000388. The van der Waals surface area contributed by atoms with E-state index in [0.29, 0.717) is 0 Å². The maximum atomic E-state index is 2.61. The molecule has 0 spiro atoms. The fourth-order valence-corrected chi connectivity index (χ4v) is 9.48. The van der Waals surface area contributed by atoms with Crippen molar-refractivity contribution in [3.63, 3.8) is 0 Å². The minimum atomic E-state index is -0.0156. The molecule has 2 heterocycles.